The Morgan fingerprint density at radius 2 is 1.64 bits per heavy atom. The largest absolute Gasteiger partial charge is 0.497 e. The van der Waals surface area contributed by atoms with E-state index in [1.165, 1.54) is 7.11 Å². The van der Waals surface area contributed by atoms with Crippen LogP contribution in [0.1, 0.15) is 34.6 Å². The Bertz CT molecular complexity index is 861. The topological polar surface area (TPSA) is 59.1 Å². The summed E-state index contributed by atoms with van der Waals surface area (Å²) >= 11 is 0. The Balaban J connectivity index is 1.76. The Labute approximate surface area is 165 Å². The third-order valence-corrected chi connectivity index (χ3v) is 5.10. The zero-order chi connectivity index (χ0) is 20.3. The summed E-state index contributed by atoms with van der Waals surface area (Å²) < 4.78 is 9.99. The summed E-state index contributed by atoms with van der Waals surface area (Å²) in [5.74, 6) is 0.299. The molecule has 6 nitrogen and oxygen atoms in total. The lowest BCUT2D eigenvalue weighted by Gasteiger charge is -2.48. The number of nitrogens with zero attached hydrogens (tertiary/aromatic N) is 2. The fourth-order valence-electron chi connectivity index (χ4n) is 3.65. The molecule has 2 aromatic carbocycles. The van der Waals surface area contributed by atoms with Gasteiger partial charge >= 0.3 is 5.97 Å². The van der Waals surface area contributed by atoms with Gasteiger partial charge in [0.15, 0.2) is 0 Å². The van der Waals surface area contributed by atoms with Crippen LogP contribution in [0.15, 0.2) is 48.5 Å². The van der Waals surface area contributed by atoms with Gasteiger partial charge in [0.05, 0.1) is 25.3 Å². The molecule has 1 aliphatic heterocycles. The van der Waals surface area contributed by atoms with Crippen molar-refractivity contribution in [1.82, 2.24) is 4.90 Å². The number of anilines is 1. The van der Waals surface area contributed by atoms with Crippen LogP contribution in [-0.2, 0) is 4.74 Å². The summed E-state index contributed by atoms with van der Waals surface area (Å²) in [6, 6.07) is 14.7. The van der Waals surface area contributed by atoms with Gasteiger partial charge in [0, 0.05) is 30.9 Å². The molecule has 1 heterocycles. The van der Waals surface area contributed by atoms with Crippen LogP contribution >= 0.6 is 0 Å². The summed E-state index contributed by atoms with van der Waals surface area (Å²) in [6.07, 6.45) is 0. The SMILES string of the molecule is COC(=O)c1cccc(C(=O)N2CCN(c3ccc(OC)cc3)C(C)(C)C2)c1. The zero-order valence-corrected chi connectivity index (χ0v) is 16.8. The molecule has 3 rings (SSSR count). The van der Waals surface area contributed by atoms with Crippen molar-refractivity contribution in [2.24, 2.45) is 0 Å². The number of carbonyl (C=O) groups excluding carboxylic acids is 2. The van der Waals surface area contributed by atoms with Gasteiger partial charge in [-0.25, -0.2) is 4.79 Å². The van der Waals surface area contributed by atoms with Crippen molar-refractivity contribution in [3.05, 3.63) is 59.7 Å². The average Bonchev–Trinajstić information content (AvgIpc) is 2.72. The molecule has 0 unspecified atom stereocenters. The second-order valence-corrected chi connectivity index (χ2v) is 7.46. The van der Waals surface area contributed by atoms with Gasteiger partial charge in [-0.3, -0.25) is 4.79 Å². The molecule has 0 atom stereocenters. The highest BCUT2D eigenvalue weighted by molar-refractivity contribution is 5.98. The summed E-state index contributed by atoms with van der Waals surface area (Å²) in [7, 11) is 2.98. The van der Waals surface area contributed by atoms with Crippen molar-refractivity contribution in [2.45, 2.75) is 19.4 Å². The van der Waals surface area contributed by atoms with Crippen molar-refractivity contribution in [3.63, 3.8) is 0 Å². The molecule has 0 saturated carbocycles. The standard InChI is InChI=1S/C22H26N2O4/c1-22(2)15-23(12-13-24(22)18-8-10-19(27-3)11-9-18)20(25)16-6-5-7-17(14-16)21(26)28-4/h5-11,14H,12-13,15H2,1-4H3. The first kappa shape index (κ1) is 19.7. The molecule has 1 fully saturated rings. The number of esters is 1. The summed E-state index contributed by atoms with van der Waals surface area (Å²) in [6.45, 7) is 6.17. The lowest BCUT2D eigenvalue weighted by Crippen LogP contribution is -2.60. The van der Waals surface area contributed by atoms with E-state index in [9.17, 15) is 9.59 Å². The monoisotopic (exact) mass is 382 g/mol. The molecule has 0 spiro atoms. The van der Waals surface area contributed by atoms with Crippen molar-refractivity contribution in [2.75, 3.05) is 38.8 Å². The predicted octanol–water partition coefficient (Wildman–Crippen LogP) is 3.22. The highest BCUT2D eigenvalue weighted by Crippen LogP contribution is 2.30. The minimum absolute atomic E-state index is 0.0757. The molecule has 0 N–H and O–H groups in total. The van der Waals surface area contributed by atoms with E-state index in [0.29, 0.717) is 24.2 Å². The van der Waals surface area contributed by atoms with E-state index in [0.717, 1.165) is 18.0 Å². The molecule has 2 aromatic rings. The van der Waals surface area contributed by atoms with Gasteiger partial charge in [0.1, 0.15) is 5.75 Å². The molecular weight excluding hydrogens is 356 g/mol. The fourth-order valence-corrected chi connectivity index (χ4v) is 3.65. The molecule has 1 saturated heterocycles. The number of methoxy groups -OCH3 is 2. The molecule has 0 aromatic heterocycles. The van der Waals surface area contributed by atoms with Gasteiger partial charge in [-0.1, -0.05) is 6.07 Å². The molecule has 1 aliphatic rings. The first-order valence-electron chi connectivity index (χ1n) is 9.25. The maximum Gasteiger partial charge on any atom is 0.337 e. The van der Waals surface area contributed by atoms with Gasteiger partial charge in [-0.15, -0.1) is 0 Å². The molecule has 0 aliphatic carbocycles. The molecule has 0 bridgehead atoms. The number of rotatable bonds is 4. The minimum Gasteiger partial charge on any atom is -0.497 e. The van der Waals surface area contributed by atoms with Crippen molar-refractivity contribution < 1.29 is 19.1 Å². The summed E-state index contributed by atoms with van der Waals surface area (Å²) in [5.41, 5.74) is 1.74. The van der Waals surface area contributed by atoms with Crippen LogP contribution in [0.4, 0.5) is 5.69 Å². The Kier molecular flexibility index (Phi) is 5.58. The molecule has 0 radical (unpaired) electrons. The highest BCUT2D eigenvalue weighted by atomic mass is 16.5. The smallest absolute Gasteiger partial charge is 0.337 e. The minimum atomic E-state index is -0.445. The maximum absolute atomic E-state index is 13.0. The van der Waals surface area contributed by atoms with Crippen LogP contribution in [0.3, 0.4) is 0 Å². The Morgan fingerprint density at radius 1 is 0.964 bits per heavy atom. The van der Waals surface area contributed by atoms with Crippen LogP contribution in [0.2, 0.25) is 0 Å². The number of ether oxygens (including phenoxy) is 2. The van der Waals surface area contributed by atoms with Crippen LogP contribution in [-0.4, -0.2) is 56.2 Å². The van der Waals surface area contributed by atoms with Crippen LogP contribution in [0.25, 0.3) is 0 Å². The third-order valence-electron chi connectivity index (χ3n) is 5.10. The van der Waals surface area contributed by atoms with E-state index in [4.69, 9.17) is 9.47 Å². The lowest BCUT2D eigenvalue weighted by atomic mass is 9.96. The summed E-state index contributed by atoms with van der Waals surface area (Å²) in [4.78, 5) is 28.9. The Morgan fingerprint density at radius 3 is 2.25 bits per heavy atom. The van der Waals surface area contributed by atoms with Crippen molar-refractivity contribution in [1.29, 1.82) is 0 Å². The quantitative estimate of drug-likeness (QED) is 0.760. The van der Waals surface area contributed by atoms with Crippen molar-refractivity contribution in [3.8, 4) is 5.75 Å². The van der Waals surface area contributed by atoms with Crippen LogP contribution in [0.5, 0.6) is 5.75 Å². The van der Waals surface area contributed by atoms with Gasteiger partial charge in [0.2, 0.25) is 0 Å². The molecule has 6 heteroatoms. The second kappa shape index (κ2) is 7.92. The fraction of sp³-hybridized carbons (Fsp3) is 0.364. The second-order valence-electron chi connectivity index (χ2n) is 7.46. The number of piperazine rings is 1. The molecule has 1 amide bonds. The van der Waals surface area contributed by atoms with E-state index in [1.54, 1.807) is 31.4 Å². The number of amides is 1. The number of benzene rings is 2. The van der Waals surface area contributed by atoms with Crippen LogP contribution < -0.4 is 9.64 Å². The molecule has 148 valence electrons. The van der Waals surface area contributed by atoms with Gasteiger partial charge in [0.25, 0.3) is 5.91 Å². The zero-order valence-electron chi connectivity index (χ0n) is 16.8. The van der Waals surface area contributed by atoms with Gasteiger partial charge in [-0.05, 0) is 56.3 Å². The van der Waals surface area contributed by atoms with E-state index in [2.05, 4.69) is 18.7 Å². The number of hydrogen-bond donors (Lipinski definition) is 0. The maximum atomic E-state index is 13.0. The van der Waals surface area contributed by atoms with Gasteiger partial charge < -0.3 is 19.3 Å². The normalized spacial score (nSPS) is 15.9. The first-order valence-corrected chi connectivity index (χ1v) is 9.25. The molecular formula is C22H26N2O4. The van der Waals surface area contributed by atoms with Crippen molar-refractivity contribution >= 4 is 17.6 Å². The van der Waals surface area contributed by atoms with Crippen LogP contribution in [0, 0.1) is 0 Å². The third kappa shape index (κ3) is 3.96. The van der Waals surface area contributed by atoms with E-state index < -0.39 is 5.97 Å². The molecule has 28 heavy (non-hydrogen) atoms. The Hall–Kier alpha value is -3.02. The first-order chi connectivity index (χ1) is 13.4. The van der Waals surface area contributed by atoms with E-state index in [-0.39, 0.29) is 11.4 Å². The lowest BCUT2D eigenvalue weighted by molar-refractivity contribution is 0.0600. The van der Waals surface area contributed by atoms with Gasteiger partial charge in [-0.2, -0.15) is 0 Å². The average molecular weight is 382 g/mol. The number of carbonyl (C=O) groups is 2. The predicted molar refractivity (Wildman–Crippen MR) is 108 cm³/mol. The highest BCUT2D eigenvalue weighted by Gasteiger charge is 2.36. The summed E-state index contributed by atoms with van der Waals surface area (Å²) in [5, 5.41) is 0. The number of hydrogen-bond acceptors (Lipinski definition) is 5. The van der Waals surface area contributed by atoms with E-state index in [1.807, 2.05) is 29.2 Å². The van der Waals surface area contributed by atoms with E-state index >= 15 is 0 Å².